The standard InChI is InChI=1S/C16H20O/c1-12-7-13(2)9-15(8-12)10-14-5-3-4-6-16(17)11-14/h7-9,11H,3-6,10H2,1-2H3. The maximum absolute atomic E-state index is 11.5. The minimum atomic E-state index is 0.307. The van der Waals surface area contributed by atoms with E-state index in [1.54, 1.807) is 0 Å². The average Bonchev–Trinajstić information content (AvgIpc) is 2.41. The molecular weight excluding hydrogens is 208 g/mol. The van der Waals surface area contributed by atoms with Crippen LogP contribution in [0.4, 0.5) is 0 Å². The lowest BCUT2D eigenvalue weighted by molar-refractivity contribution is -0.114. The first kappa shape index (κ1) is 12.1. The second kappa shape index (κ2) is 5.31. The molecule has 2 rings (SSSR count). The van der Waals surface area contributed by atoms with E-state index in [9.17, 15) is 4.79 Å². The minimum Gasteiger partial charge on any atom is -0.295 e. The second-order valence-electron chi connectivity index (χ2n) is 5.15. The van der Waals surface area contributed by atoms with Crippen molar-refractivity contribution in [1.82, 2.24) is 0 Å². The van der Waals surface area contributed by atoms with Crippen molar-refractivity contribution in [1.29, 1.82) is 0 Å². The second-order valence-corrected chi connectivity index (χ2v) is 5.15. The molecule has 0 spiro atoms. The van der Waals surface area contributed by atoms with Crippen molar-refractivity contribution < 1.29 is 4.79 Å². The lowest BCUT2D eigenvalue weighted by atomic mass is 9.98. The van der Waals surface area contributed by atoms with Crippen LogP contribution < -0.4 is 0 Å². The van der Waals surface area contributed by atoms with Crippen LogP contribution in [-0.4, -0.2) is 5.78 Å². The summed E-state index contributed by atoms with van der Waals surface area (Å²) in [5, 5.41) is 0. The third kappa shape index (κ3) is 3.55. The Labute approximate surface area is 104 Å². The van der Waals surface area contributed by atoms with E-state index in [-0.39, 0.29) is 0 Å². The summed E-state index contributed by atoms with van der Waals surface area (Å²) in [4.78, 5) is 11.5. The third-order valence-electron chi connectivity index (χ3n) is 3.25. The van der Waals surface area contributed by atoms with Gasteiger partial charge >= 0.3 is 0 Å². The Bertz CT molecular complexity index is 434. The summed E-state index contributed by atoms with van der Waals surface area (Å²) in [5.41, 5.74) is 5.25. The largest absolute Gasteiger partial charge is 0.295 e. The molecule has 0 aromatic heterocycles. The highest BCUT2D eigenvalue weighted by Crippen LogP contribution is 2.20. The normalized spacial score (nSPS) is 16.6. The molecule has 1 nitrogen and oxygen atoms in total. The molecule has 0 radical (unpaired) electrons. The van der Waals surface area contributed by atoms with Crippen LogP contribution in [-0.2, 0) is 11.2 Å². The Balaban J connectivity index is 2.16. The molecule has 0 fully saturated rings. The number of ketones is 1. The Morgan fingerprint density at radius 1 is 1.00 bits per heavy atom. The summed E-state index contributed by atoms with van der Waals surface area (Å²) < 4.78 is 0. The van der Waals surface area contributed by atoms with Gasteiger partial charge in [-0.25, -0.2) is 0 Å². The quantitative estimate of drug-likeness (QED) is 0.750. The monoisotopic (exact) mass is 228 g/mol. The zero-order valence-corrected chi connectivity index (χ0v) is 10.8. The predicted octanol–water partition coefficient (Wildman–Crippen LogP) is 3.92. The van der Waals surface area contributed by atoms with E-state index in [0.717, 1.165) is 32.1 Å². The van der Waals surface area contributed by atoms with Gasteiger partial charge in [0.1, 0.15) is 0 Å². The van der Waals surface area contributed by atoms with E-state index in [1.807, 2.05) is 6.08 Å². The van der Waals surface area contributed by atoms with Gasteiger partial charge in [-0.3, -0.25) is 4.79 Å². The smallest absolute Gasteiger partial charge is 0.155 e. The molecule has 1 aliphatic carbocycles. The van der Waals surface area contributed by atoms with Crippen LogP contribution >= 0.6 is 0 Å². The van der Waals surface area contributed by atoms with Crippen LogP contribution in [0.1, 0.15) is 42.4 Å². The fourth-order valence-electron chi connectivity index (χ4n) is 2.60. The van der Waals surface area contributed by atoms with Crippen LogP contribution in [0.3, 0.4) is 0 Å². The molecular formula is C16H20O. The molecule has 0 unspecified atom stereocenters. The number of aryl methyl sites for hydroxylation is 2. The zero-order chi connectivity index (χ0) is 12.3. The fourth-order valence-corrected chi connectivity index (χ4v) is 2.60. The van der Waals surface area contributed by atoms with Gasteiger partial charge in [-0.15, -0.1) is 0 Å². The summed E-state index contributed by atoms with van der Waals surface area (Å²) in [6.07, 6.45) is 6.84. The Kier molecular flexibility index (Phi) is 3.78. The van der Waals surface area contributed by atoms with Gasteiger partial charge < -0.3 is 0 Å². The highest BCUT2D eigenvalue weighted by atomic mass is 16.1. The lowest BCUT2D eigenvalue weighted by Crippen LogP contribution is -1.95. The average molecular weight is 228 g/mol. The summed E-state index contributed by atoms with van der Waals surface area (Å²) in [7, 11) is 0. The highest BCUT2D eigenvalue weighted by molar-refractivity contribution is 5.90. The van der Waals surface area contributed by atoms with E-state index >= 15 is 0 Å². The van der Waals surface area contributed by atoms with E-state index < -0.39 is 0 Å². The van der Waals surface area contributed by atoms with E-state index in [4.69, 9.17) is 0 Å². The molecule has 0 saturated carbocycles. The van der Waals surface area contributed by atoms with Crippen molar-refractivity contribution in [3.05, 3.63) is 46.5 Å². The van der Waals surface area contributed by atoms with Crippen molar-refractivity contribution in [2.24, 2.45) is 0 Å². The molecule has 0 aliphatic heterocycles. The van der Waals surface area contributed by atoms with Gasteiger partial charge in [0.2, 0.25) is 0 Å². The van der Waals surface area contributed by atoms with E-state index in [0.29, 0.717) is 5.78 Å². The summed E-state index contributed by atoms with van der Waals surface area (Å²) in [6, 6.07) is 6.64. The fraction of sp³-hybridized carbons (Fsp3) is 0.438. The first-order valence-electron chi connectivity index (χ1n) is 6.43. The van der Waals surface area contributed by atoms with Gasteiger partial charge in [0.25, 0.3) is 0 Å². The first-order valence-corrected chi connectivity index (χ1v) is 6.43. The number of carbonyl (C=O) groups is 1. The van der Waals surface area contributed by atoms with Crippen molar-refractivity contribution in [3.63, 3.8) is 0 Å². The van der Waals surface area contributed by atoms with Crippen LogP contribution in [0.2, 0.25) is 0 Å². The van der Waals surface area contributed by atoms with E-state index in [1.165, 1.54) is 22.3 Å². The van der Waals surface area contributed by atoms with Gasteiger partial charge in [0.15, 0.2) is 5.78 Å². The molecule has 90 valence electrons. The van der Waals surface area contributed by atoms with Gasteiger partial charge in [0.05, 0.1) is 0 Å². The zero-order valence-electron chi connectivity index (χ0n) is 10.8. The topological polar surface area (TPSA) is 17.1 Å². The number of carbonyl (C=O) groups excluding carboxylic acids is 1. The molecule has 0 N–H and O–H groups in total. The van der Waals surface area contributed by atoms with Crippen LogP contribution in [0, 0.1) is 13.8 Å². The van der Waals surface area contributed by atoms with Crippen LogP contribution in [0.15, 0.2) is 29.8 Å². The molecule has 1 aromatic carbocycles. The Hall–Kier alpha value is -1.37. The number of allylic oxidation sites excluding steroid dienone is 2. The molecule has 0 atom stereocenters. The Morgan fingerprint density at radius 2 is 1.65 bits per heavy atom. The van der Waals surface area contributed by atoms with Gasteiger partial charge in [-0.05, 0) is 51.2 Å². The minimum absolute atomic E-state index is 0.307. The van der Waals surface area contributed by atoms with Gasteiger partial charge in [-0.2, -0.15) is 0 Å². The molecule has 1 aliphatic rings. The molecule has 1 aromatic rings. The molecule has 0 amide bonds. The number of hydrogen-bond donors (Lipinski definition) is 0. The lowest BCUT2D eigenvalue weighted by Gasteiger charge is -2.07. The Morgan fingerprint density at radius 3 is 2.35 bits per heavy atom. The van der Waals surface area contributed by atoms with Gasteiger partial charge in [0, 0.05) is 6.42 Å². The summed E-state index contributed by atoms with van der Waals surface area (Å²) in [6.45, 7) is 4.26. The number of benzene rings is 1. The molecule has 0 saturated heterocycles. The van der Waals surface area contributed by atoms with E-state index in [2.05, 4.69) is 32.0 Å². The van der Waals surface area contributed by atoms with Crippen molar-refractivity contribution in [2.45, 2.75) is 46.0 Å². The SMILES string of the molecule is Cc1cc(C)cc(CC2=CC(=O)CCCC2)c1. The summed E-state index contributed by atoms with van der Waals surface area (Å²) in [5.74, 6) is 0.307. The maximum Gasteiger partial charge on any atom is 0.155 e. The number of hydrogen-bond acceptors (Lipinski definition) is 1. The molecule has 1 heteroatoms. The predicted molar refractivity (Wildman–Crippen MR) is 71.2 cm³/mol. The van der Waals surface area contributed by atoms with Crippen molar-refractivity contribution in [2.75, 3.05) is 0 Å². The maximum atomic E-state index is 11.5. The summed E-state index contributed by atoms with van der Waals surface area (Å²) >= 11 is 0. The molecule has 17 heavy (non-hydrogen) atoms. The first-order chi connectivity index (χ1) is 8.13. The number of rotatable bonds is 2. The van der Waals surface area contributed by atoms with Crippen molar-refractivity contribution >= 4 is 5.78 Å². The highest BCUT2D eigenvalue weighted by Gasteiger charge is 2.09. The van der Waals surface area contributed by atoms with Crippen LogP contribution in [0.5, 0.6) is 0 Å². The van der Waals surface area contributed by atoms with Gasteiger partial charge in [-0.1, -0.05) is 34.9 Å². The van der Waals surface area contributed by atoms with Crippen LogP contribution in [0.25, 0.3) is 0 Å². The molecule has 0 heterocycles. The third-order valence-corrected chi connectivity index (χ3v) is 3.25. The van der Waals surface area contributed by atoms with Crippen molar-refractivity contribution in [3.8, 4) is 0 Å². The molecule has 0 bridgehead atoms.